The number of para-hydroxylation sites is 1. The maximum absolute atomic E-state index is 12.8. The summed E-state index contributed by atoms with van der Waals surface area (Å²) in [7, 11) is 1.36. The normalized spacial score (nSPS) is 15.2. The molecule has 1 saturated carbocycles. The summed E-state index contributed by atoms with van der Waals surface area (Å²) in [6.07, 6.45) is 7.46. The Morgan fingerprint density at radius 2 is 1.88 bits per heavy atom. The van der Waals surface area contributed by atoms with Crippen LogP contribution in [0.3, 0.4) is 0 Å². The molecule has 1 aromatic carbocycles. The third kappa shape index (κ3) is 4.67. The number of esters is 1. The number of nitrogens with one attached hydrogen (secondary N) is 1. The minimum absolute atomic E-state index is 0.108. The Balaban J connectivity index is 1.55. The van der Waals surface area contributed by atoms with E-state index in [0.29, 0.717) is 23.8 Å². The van der Waals surface area contributed by atoms with Crippen molar-refractivity contribution in [2.75, 3.05) is 12.9 Å². The average Bonchev–Trinajstić information content (AvgIpc) is 3.28. The third-order valence-corrected chi connectivity index (χ3v) is 6.49. The lowest BCUT2D eigenvalue weighted by molar-refractivity contribution is -0.152. The van der Waals surface area contributed by atoms with E-state index in [2.05, 4.69) is 20.5 Å². The zero-order valence-electron chi connectivity index (χ0n) is 17.9. The van der Waals surface area contributed by atoms with Crippen molar-refractivity contribution in [1.29, 1.82) is 0 Å². The Labute approximate surface area is 190 Å². The van der Waals surface area contributed by atoms with Crippen LogP contribution in [-0.4, -0.2) is 50.0 Å². The predicted octanol–water partition coefficient (Wildman–Crippen LogP) is 3.41. The van der Waals surface area contributed by atoms with E-state index in [0.717, 1.165) is 30.5 Å². The molecule has 1 aliphatic rings. The van der Waals surface area contributed by atoms with Crippen LogP contribution < -0.4 is 5.32 Å². The maximum atomic E-state index is 12.8. The van der Waals surface area contributed by atoms with E-state index < -0.39 is 5.54 Å². The van der Waals surface area contributed by atoms with Crippen LogP contribution >= 0.6 is 11.8 Å². The van der Waals surface area contributed by atoms with Crippen LogP contribution in [0.1, 0.15) is 32.1 Å². The van der Waals surface area contributed by atoms with E-state index in [-0.39, 0.29) is 17.6 Å². The SMILES string of the molecule is COC(=O)C1(NC(=O)CSc2nnc(-c3cccnc3)n2-c2ccccc2)CCCCC1. The predicted molar refractivity (Wildman–Crippen MR) is 121 cm³/mol. The van der Waals surface area contributed by atoms with Crippen molar-refractivity contribution in [1.82, 2.24) is 25.1 Å². The van der Waals surface area contributed by atoms with Gasteiger partial charge in [-0.15, -0.1) is 10.2 Å². The van der Waals surface area contributed by atoms with Crippen molar-refractivity contribution in [2.45, 2.75) is 42.8 Å². The molecule has 1 N–H and O–H groups in total. The van der Waals surface area contributed by atoms with Gasteiger partial charge in [0.05, 0.1) is 12.9 Å². The first-order chi connectivity index (χ1) is 15.6. The Kier molecular flexibility index (Phi) is 6.84. The summed E-state index contributed by atoms with van der Waals surface area (Å²) in [5, 5.41) is 12.2. The number of ether oxygens (including phenoxy) is 1. The topological polar surface area (TPSA) is 99.0 Å². The molecule has 0 atom stereocenters. The van der Waals surface area contributed by atoms with Gasteiger partial charge in [0.2, 0.25) is 5.91 Å². The molecule has 166 valence electrons. The van der Waals surface area contributed by atoms with Crippen LogP contribution in [0.4, 0.5) is 0 Å². The number of aromatic nitrogens is 4. The van der Waals surface area contributed by atoms with Crippen LogP contribution in [0.15, 0.2) is 60.0 Å². The number of nitrogens with zero attached hydrogens (tertiary/aromatic N) is 4. The summed E-state index contributed by atoms with van der Waals surface area (Å²) >= 11 is 1.28. The van der Waals surface area contributed by atoms with E-state index in [1.54, 1.807) is 12.4 Å². The highest BCUT2D eigenvalue weighted by molar-refractivity contribution is 7.99. The summed E-state index contributed by atoms with van der Waals surface area (Å²) in [4.78, 5) is 29.4. The number of carbonyl (C=O) groups excluding carboxylic acids is 2. The quantitative estimate of drug-likeness (QED) is 0.434. The summed E-state index contributed by atoms with van der Waals surface area (Å²) in [6, 6.07) is 13.5. The number of hydrogen-bond acceptors (Lipinski definition) is 7. The van der Waals surface area contributed by atoms with Crippen LogP contribution in [-0.2, 0) is 14.3 Å². The van der Waals surface area contributed by atoms with Gasteiger partial charge in [-0.05, 0) is 37.1 Å². The van der Waals surface area contributed by atoms with E-state index in [1.807, 2.05) is 47.0 Å². The molecule has 0 bridgehead atoms. The third-order valence-electron chi connectivity index (χ3n) is 5.56. The molecule has 8 nitrogen and oxygen atoms in total. The zero-order chi connectivity index (χ0) is 22.4. The monoisotopic (exact) mass is 451 g/mol. The second kappa shape index (κ2) is 9.95. The van der Waals surface area contributed by atoms with Gasteiger partial charge >= 0.3 is 5.97 Å². The smallest absolute Gasteiger partial charge is 0.331 e. The Hall–Kier alpha value is -3.20. The molecule has 1 amide bonds. The lowest BCUT2D eigenvalue weighted by Crippen LogP contribution is -2.56. The molecule has 9 heteroatoms. The number of benzene rings is 1. The van der Waals surface area contributed by atoms with Crippen molar-refractivity contribution in [3.8, 4) is 17.1 Å². The van der Waals surface area contributed by atoms with Gasteiger partial charge in [0.15, 0.2) is 11.0 Å². The molecule has 1 fully saturated rings. The molecule has 0 aliphatic heterocycles. The summed E-state index contributed by atoms with van der Waals surface area (Å²) < 4.78 is 6.90. The largest absolute Gasteiger partial charge is 0.467 e. The minimum atomic E-state index is -0.932. The highest BCUT2D eigenvalue weighted by atomic mass is 32.2. The fourth-order valence-corrected chi connectivity index (χ4v) is 4.77. The number of carbonyl (C=O) groups is 2. The lowest BCUT2D eigenvalue weighted by Gasteiger charge is -2.35. The molecule has 32 heavy (non-hydrogen) atoms. The second-order valence-corrected chi connectivity index (χ2v) is 8.63. The van der Waals surface area contributed by atoms with Gasteiger partial charge < -0.3 is 10.1 Å². The standard InChI is InChI=1S/C23H25N5O3S/c1-31-21(30)23(12-6-3-7-13-23)25-19(29)16-32-22-27-26-20(17-9-8-14-24-15-17)28(22)18-10-4-2-5-11-18/h2,4-5,8-11,14-15H,3,6-7,12-13,16H2,1H3,(H,25,29). The highest BCUT2D eigenvalue weighted by Crippen LogP contribution is 2.31. The van der Waals surface area contributed by atoms with Crippen LogP contribution in [0.25, 0.3) is 17.1 Å². The lowest BCUT2D eigenvalue weighted by atomic mass is 9.81. The molecule has 3 aromatic rings. The van der Waals surface area contributed by atoms with Gasteiger partial charge in [0, 0.05) is 23.6 Å². The van der Waals surface area contributed by atoms with Gasteiger partial charge in [-0.2, -0.15) is 0 Å². The highest BCUT2D eigenvalue weighted by Gasteiger charge is 2.41. The number of hydrogen-bond donors (Lipinski definition) is 1. The first-order valence-electron chi connectivity index (χ1n) is 10.6. The maximum Gasteiger partial charge on any atom is 0.331 e. The number of amides is 1. The van der Waals surface area contributed by atoms with Crippen molar-refractivity contribution in [2.24, 2.45) is 0 Å². The van der Waals surface area contributed by atoms with E-state index in [4.69, 9.17) is 4.74 Å². The van der Waals surface area contributed by atoms with E-state index in [1.165, 1.54) is 18.9 Å². The molecular formula is C23H25N5O3S. The van der Waals surface area contributed by atoms with E-state index >= 15 is 0 Å². The molecule has 0 radical (unpaired) electrons. The molecule has 4 rings (SSSR count). The van der Waals surface area contributed by atoms with Crippen molar-refractivity contribution >= 4 is 23.6 Å². The molecule has 2 heterocycles. The van der Waals surface area contributed by atoms with Crippen molar-refractivity contribution in [3.63, 3.8) is 0 Å². The number of methoxy groups -OCH3 is 1. The second-order valence-electron chi connectivity index (χ2n) is 7.69. The molecule has 0 saturated heterocycles. The number of rotatable bonds is 7. The first-order valence-corrected chi connectivity index (χ1v) is 11.5. The average molecular weight is 452 g/mol. The summed E-state index contributed by atoms with van der Waals surface area (Å²) in [5.74, 6) is 0.150. The van der Waals surface area contributed by atoms with Crippen LogP contribution in [0.5, 0.6) is 0 Å². The van der Waals surface area contributed by atoms with Crippen LogP contribution in [0.2, 0.25) is 0 Å². The Morgan fingerprint density at radius 3 is 2.56 bits per heavy atom. The Morgan fingerprint density at radius 1 is 1.09 bits per heavy atom. The minimum Gasteiger partial charge on any atom is -0.467 e. The van der Waals surface area contributed by atoms with Gasteiger partial charge in [-0.3, -0.25) is 14.3 Å². The summed E-state index contributed by atoms with van der Waals surface area (Å²) in [5.41, 5.74) is 0.781. The molecular weight excluding hydrogens is 426 g/mol. The Bertz CT molecular complexity index is 1070. The number of pyridine rings is 1. The van der Waals surface area contributed by atoms with Gasteiger partial charge in [0.25, 0.3) is 0 Å². The van der Waals surface area contributed by atoms with Gasteiger partial charge in [-0.1, -0.05) is 49.2 Å². The number of thioether (sulfide) groups is 1. The zero-order valence-corrected chi connectivity index (χ0v) is 18.7. The van der Waals surface area contributed by atoms with Gasteiger partial charge in [-0.25, -0.2) is 4.79 Å². The van der Waals surface area contributed by atoms with Crippen LogP contribution in [0, 0.1) is 0 Å². The fraction of sp³-hybridized carbons (Fsp3) is 0.348. The fourth-order valence-electron chi connectivity index (χ4n) is 4.02. The molecule has 2 aromatic heterocycles. The molecule has 1 aliphatic carbocycles. The van der Waals surface area contributed by atoms with Crippen molar-refractivity contribution in [3.05, 3.63) is 54.9 Å². The van der Waals surface area contributed by atoms with Gasteiger partial charge in [0.1, 0.15) is 5.54 Å². The van der Waals surface area contributed by atoms with Crippen molar-refractivity contribution < 1.29 is 14.3 Å². The first kappa shape index (κ1) is 22.0. The molecule has 0 unspecified atom stereocenters. The summed E-state index contributed by atoms with van der Waals surface area (Å²) in [6.45, 7) is 0. The molecule has 0 spiro atoms. The van der Waals surface area contributed by atoms with E-state index in [9.17, 15) is 9.59 Å².